The van der Waals surface area contributed by atoms with E-state index < -0.39 is 0 Å². The van der Waals surface area contributed by atoms with Crippen LogP contribution < -0.4 is 10.6 Å². The van der Waals surface area contributed by atoms with Crippen LogP contribution in [0.5, 0.6) is 0 Å². The number of carbonyl (C=O) groups excluding carboxylic acids is 1. The summed E-state index contributed by atoms with van der Waals surface area (Å²) in [5.74, 6) is 1.34. The molecule has 1 amide bonds. The lowest BCUT2D eigenvalue weighted by atomic mass is 9.94. The first kappa shape index (κ1) is 13.9. The van der Waals surface area contributed by atoms with E-state index >= 15 is 0 Å². The Bertz CT molecular complexity index is 542. The van der Waals surface area contributed by atoms with E-state index in [1.807, 2.05) is 30.1 Å². The number of likely N-dealkylation sites (tertiary alicyclic amines) is 1. The lowest BCUT2D eigenvalue weighted by molar-refractivity contribution is -0.127. The number of nitrogens with one attached hydrogen (secondary N) is 2. The Morgan fingerprint density at radius 2 is 2.14 bits per heavy atom. The molecule has 1 unspecified atom stereocenters. The van der Waals surface area contributed by atoms with Crippen molar-refractivity contribution in [2.75, 3.05) is 20.1 Å². The minimum atomic E-state index is 0.144. The highest BCUT2D eigenvalue weighted by molar-refractivity contribution is 5.82. The van der Waals surface area contributed by atoms with Crippen molar-refractivity contribution in [1.82, 2.24) is 15.5 Å². The van der Waals surface area contributed by atoms with Gasteiger partial charge in [0.15, 0.2) is 5.96 Å². The van der Waals surface area contributed by atoms with Crippen molar-refractivity contribution in [2.45, 2.75) is 25.4 Å². The number of nitrogens with zero attached hydrogens (tertiary/aromatic N) is 2. The zero-order valence-electron chi connectivity index (χ0n) is 12.5. The number of guanidine groups is 1. The van der Waals surface area contributed by atoms with E-state index in [0.29, 0.717) is 12.5 Å². The minimum Gasteiger partial charge on any atom is -0.356 e. The predicted octanol–water partition coefficient (Wildman–Crippen LogP) is 1.14. The summed E-state index contributed by atoms with van der Waals surface area (Å²) in [5, 5.41) is 6.65. The minimum absolute atomic E-state index is 0.144. The monoisotopic (exact) mass is 286 g/mol. The first-order valence-corrected chi connectivity index (χ1v) is 7.50. The molecule has 0 bridgehead atoms. The second-order valence-corrected chi connectivity index (χ2v) is 5.94. The highest BCUT2D eigenvalue weighted by Gasteiger charge is 2.38. The molecule has 2 N–H and O–H groups in total. The lowest BCUT2D eigenvalue weighted by Crippen LogP contribution is -2.40. The average Bonchev–Trinajstić information content (AvgIpc) is 3.02. The molecular weight excluding hydrogens is 264 g/mol. The molecule has 21 heavy (non-hydrogen) atoms. The Labute approximate surface area is 125 Å². The molecule has 0 aromatic heterocycles. The van der Waals surface area contributed by atoms with Crippen LogP contribution in [0.2, 0.25) is 0 Å². The maximum Gasteiger partial charge on any atom is 0.223 e. The van der Waals surface area contributed by atoms with Gasteiger partial charge in [0.1, 0.15) is 0 Å². The van der Waals surface area contributed by atoms with Crippen LogP contribution in [0.15, 0.2) is 35.3 Å². The van der Waals surface area contributed by atoms with E-state index in [0.717, 1.165) is 19.0 Å². The molecule has 0 radical (unpaired) electrons. The van der Waals surface area contributed by atoms with Crippen LogP contribution in [0.4, 0.5) is 0 Å². The summed E-state index contributed by atoms with van der Waals surface area (Å²) < 4.78 is 0. The Morgan fingerprint density at radius 3 is 2.81 bits per heavy atom. The van der Waals surface area contributed by atoms with Gasteiger partial charge in [-0.15, -0.1) is 0 Å². The molecule has 3 rings (SSSR count). The van der Waals surface area contributed by atoms with Crippen molar-refractivity contribution < 1.29 is 4.79 Å². The van der Waals surface area contributed by atoms with Gasteiger partial charge in [0.05, 0.1) is 12.6 Å². The zero-order valence-corrected chi connectivity index (χ0v) is 12.5. The maximum absolute atomic E-state index is 12.1. The number of carbonyl (C=O) groups is 1. The maximum atomic E-state index is 12.1. The average molecular weight is 286 g/mol. The van der Waals surface area contributed by atoms with Gasteiger partial charge in [0, 0.05) is 32.0 Å². The van der Waals surface area contributed by atoms with Crippen molar-refractivity contribution in [3.63, 3.8) is 0 Å². The molecule has 0 saturated carbocycles. The van der Waals surface area contributed by atoms with Crippen LogP contribution in [-0.4, -0.2) is 42.9 Å². The van der Waals surface area contributed by atoms with Gasteiger partial charge in [-0.05, 0) is 12.5 Å². The van der Waals surface area contributed by atoms with Crippen molar-refractivity contribution in [1.29, 1.82) is 0 Å². The fourth-order valence-electron chi connectivity index (χ4n) is 3.17. The fourth-order valence-corrected chi connectivity index (χ4v) is 3.17. The Morgan fingerprint density at radius 1 is 1.38 bits per heavy atom. The van der Waals surface area contributed by atoms with Gasteiger partial charge in [-0.1, -0.05) is 30.3 Å². The topological polar surface area (TPSA) is 56.7 Å². The summed E-state index contributed by atoms with van der Waals surface area (Å²) in [6, 6.07) is 10.8. The number of hydrogen-bond acceptors (Lipinski definition) is 4. The normalized spacial score (nSPS) is 28.5. The van der Waals surface area contributed by atoms with Crippen LogP contribution in [0.3, 0.4) is 0 Å². The molecule has 112 valence electrons. The SMILES string of the molecule is CC1CN=C(NC[C@@H]2CC(=O)N(C)[C@H]2c2ccccc2)N1. The predicted molar refractivity (Wildman–Crippen MR) is 83.0 cm³/mol. The second kappa shape index (κ2) is 5.76. The Kier molecular flexibility index (Phi) is 3.82. The smallest absolute Gasteiger partial charge is 0.223 e. The molecule has 2 aliphatic heterocycles. The molecular formula is C16H22N4O. The van der Waals surface area contributed by atoms with Gasteiger partial charge in [0.25, 0.3) is 0 Å². The lowest BCUT2D eigenvalue weighted by Gasteiger charge is -2.26. The Balaban J connectivity index is 1.69. The molecule has 1 saturated heterocycles. The van der Waals surface area contributed by atoms with Crippen LogP contribution in [0, 0.1) is 5.92 Å². The molecule has 1 aromatic carbocycles. The van der Waals surface area contributed by atoms with Crippen LogP contribution in [0.25, 0.3) is 0 Å². The van der Waals surface area contributed by atoms with E-state index in [4.69, 9.17) is 0 Å². The summed E-state index contributed by atoms with van der Waals surface area (Å²) >= 11 is 0. The zero-order chi connectivity index (χ0) is 14.8. The molecule has 5 heteroatoms. The summed E-state index contributed by atoms with van der Waals surface area (Å²) in [5.41, 5.74) is 1.20. The largest absolute Gasteiger partial charge is 0.356 e. The molecule has 1 fully saturated rings. The van der Waals surface area contributed by atoms with E-state index in [1.54, 1.807) is 0 Å². The molecule has 2 aliphatic rings. The number of aliphatic imine (C=N–C) groups is 1. The summed E-state index contributed by atoms with van der Waals surface area (Å²) in [4.78, 5) is 18.3. The highest BCUT2D eigenvalue weighted by Crippen LogP contribution is 2.36. The van der Waals surface area contributed by atoms with Gasteiger partial charge in [-0.2, -0.15) is 0 Å². The summed E-state index contributed by atoms with van der Waals surface area (Å²) in [6.45, 7) is 3.68. The Hall–Kier alpha value is -2.04. The number of benzene rings is 1. The van der Waals surface area contributed by atoms with E-state index in [9.17, 15) is 4.79 Å². The van der Waals surface area contributed by atoms with Crippen molar-refractivity contribution in [3.8, 4) is 0 Å². The fraction of sp³-hybridized carbons (Fsp3) is 0.500. The summed E-state index contributed by atoms with van der Waals surface area (Å²) in [7, 11) is 1.90. The quantitative estimate of drug-likeness (QED) is 0.876. The first-order chi connectivity index (χ1) is 10.1. The van der Waals surface area contributed by atoms with Crippen LogP contribution >= 0.6 is 0 Å². The third kappa shape index (κ3) is 2.86. The molecule has 0 spiro atoms. The highest BCUT2D eigenvalue weighted by atomic mass is 16.2. The summed E-state index contributed by atoms with van der Waals surface area (Å²) in [6.07, 6.45) is 0.589. The number of amides is 1. The van der Waals surface area contributed by atoms with E-state index in [1.165, 1.54) is 5.56 Å². The standard InChI is InChI=1S/C16H22N4O/c1-11-9-17-16(19-11)18-10-13-8-14(21)20(2)15(13)12-6-4-3-5-7-12/h3-7,11,13,15H,8-10H2,1-2H3,(H2,17,18,19)/t11?,13-,15-/m0/s1. The van der Waals surface area contributed by atoms with Crippen molar-refractivity contribution >= 4 is 11.9 Å². The van der Waals surface area contributed by atoms with Crippen LogP contribution in [-0.2, 0) is 4.79 Å². The second-order valence-electron chi connectivity index (χ2n) is 5.94. The molecule has 1 aromatic rings. The first-order valence-electron chi connectivity index (χ1n) is 7.50. The van der Waals surface area contributed by atoms with Gasteiger partial charge in [-0.3, -0.25) is 9.79 Å². The third-order valence-electron chi connectivity index (χ3n) is 4.27. The van der Waals surface area contributed by atoms with Gasteiger partial charge < -0.3 is 15.5 Å². The van der Waals surface area contributed by atoms with E-state index in [-0.39, 0.29) is 17.9 Å². The molecule has 3 atom stereocenters. The number of rotatable bonds is 3. The van der Waals surface area contributed by atoms with Gasteiger partial charge >= 0.3 is 0 Å². The van der Waals surface area contributed by atoms with Crippen LogP contribution in [0.1, 0.15) is 24.9 Å². The number of hydrogen-bond donors (Lipinski definition) is 2. The van der Waals surface area contributed by atoms with Gasteiger partial charge in [-0.25, -0.2) is 0 Å². The van der Waals surface area contributed by atoms with Crippen molar-refractivity contribution in [3.05, 3.63) is 35.9 Å². The van der Waals surface area contributed by atoms with Crippen molar-refractivity contribution in [2.24, 2.45) is 10.9 Å². The molecule has 5 nitrogen and oxygen atoms in total. The molecule has 2 heterocycles. The van der Waals surface area contributed by atoms with E-state index in [2.05, 4.69) is 34.7 Å². The third-order valence-corrected chi connectivity index (χ3v) is 4.27. The van der Waals surface area contributed by atoms with Gasteiger partial charge in [0.2, 0.25) is 5.91 Å². The molecule has 0 aliphatic carbocycles.